The van der Waals surface area contributed by atoms with Crippen LogP contribution in [-0.2, 0) is 66.0 Å². The highest BCUT2D eigenvalue weighted by atomic mass is 35.6. The second kappa shape index (κ2) is 29.4. The quantitative estimate of drug-likeness (QED) is 0.0110. The molecule has 5 amide bonds. The van der Waals surface area contributed by atoms with Crippen molar-refractivity contribution < 1.29 is 52.5 Å². The second-order valence-electron chi connectivity index (χ2n) is 17.6. The van der Waals surface area contributed by atoms with Gasteiger partial charge in [-0.25, -0.2) is 19.2 Å². The zero-order valence-corrected chi connectivity index (χ0v) is 43.3. The van der Waals surface area contributed by atoms with E-state index < -0.39 is 70.2 Å². The van der Waals surface area contributed by atoms with Crippen LogP contribution in [0.4, 0.5) is 14.4 Å². The normalized spacial score (nSPS) is 12.3. The fraction of sp³-hybridized carbons (Fsp3) is 0.315. The molecule has 20 heteroatoms. The summed E-state index contributed by atoms with van der Waals surface area (Å²) >= 11 is 17.7. The smallest absolute Gasteiger partial charge is 0.414 e. The SMILES string of the molecule is CC(C)(C)OC(=O)N[C@@H](Cc1ccc(OCc2ccccc2)cc1)C(=O)N[C@H](CCCN=C(NC(=O)OCc1ccccc1)NC(=O)OCc1ccccc1)C(=O)N[C@@H](Cc1ccccc1)C(=O)OCC(Cl)(Cl)Cl. The van der Waals surface area contributed by atoms with Crippen LogP contribution in [0.25, 0.3) is 0 Å². The molecule has 5 N–H and O–H groups in total. The largest absolute Gasteiger partial charge is 0.489 e. The second-order valence-corrected chi connectivity index (χ2v) is 20.1. The van der Waals surface area contributed by atoms with Gasteiger partial charge in [0, 0.05) is 19.4 Å². The number of hydrogen-bond donors (Lipinski definition) is 5. The van der Waals surface area contributed by atoms with Crippen LogP contribution in [0.1, 0.15) is 61.4 Å². The number of amides is 5. The van der Waals surface area contributed by atoms with E-state index in [1.165, 1.54) is 0 Å². The molecule has 0 fully saturated rings. The Kier molecular flexibility index (Phi) is 22.9. The minimum atomic E-state index is -1.96. The molecule has 0 heterocycles. The minimum Gasteiger partial charge on any atom is -0.489 e. The van der Waals surface area contributed by atoms with Gasteiger partial charge in [-0.1, -0.05) is 168 Å². The highest BCUT2D eigenvalue weighted by molar-refractivity contribution is 6.67. The van der Waals surface area contributed by atoms with Crippen molar-refractivity contribution in [3.05, 3.63) is 173 Å². The molecule has 5 aromatic carbocycles. The van der Waals surface area contributed by atoms with Crippen molar-refractivity contribution in [1.29, 1.82) is 0 Å². The van der Waals surface area contributed by atoms with E-state index in [1.54, 1.807) is 124 Å². The van der Waals surface area contributed by atoms with Crippen molar-refractivity contribution in [2.24, 2.45) is 4.99 Å². The van der Waals surface area contributed by atoms with Crippen LogP contribution in [0.5, 0.6) is 5.75 Å². The van der Waals surface area contributed by atoms with E-state index in [0.29, 0.717) is 34.6 Å². The molecular formula is C54H59Cl3N6O11. The maximum atomic E-state index is 14.5. The molecule has 0 saturated carbocycles. The summed E-state index contributed by atoms with van der Waals surface area (Å²) < 4.78 is 25.5. The predicted octanol–water partition coefficient (Wildman–Crippen LogP) is 8.82. The number of aliphatic imine (C=N–C) groups is 1. The number of rotatable bonds is 22. The molecular weight excluding hydrogens is 1010 g/mol. The van der Waals surface area contributed by atoms with Crippen molar-refractivity contribution in [3.8, 4) is 5.75 Å². The van der Waals surface area contributed by atoms with Crippen LogP contribution in [0, 0.1) is 0 Å². The molecule has 0 aromatic heterocycles. The Labute approximate surface area is 445 Å². The first-order valence-electron chi connectivity index (χ1n) is 23.5. The first-order valence-corrected chi connectivity index (χ1v) is 24.6. The van der Waals surface area contributed by atoms with Crippen LogP contribution in [0.3, 0.4) is 0 Å². The number of hydrogen-bond acceptors (Lipinski definition) is 12. The van der Waals surface area contributed by atoms with Crippen LogP contribution in [0.2, 0.25) is 0 Å². The van der Waals surface area contributed by atoms with E-state index >= 15 is 0 Å². The fourth-order valence-electron chi connectivity index (χ4n) is 6.78. The molecule has 5 aromatic rings. The van der Waals surface area contributed by atoms with Crippen LogP contribution < -0.4 is 31.3 Å². The first kappa shape index (κ1) is 57.6. The topological polar surface area (TPSA) is 221 Å². The molecule has 0 saturated heterocycles. The highest BCUT2D eigenvalue weighted by Gasteiger charge is 2.33. The van der Waals surface area contributed by atoms with Gasteiger partial charge in [0.15, 0.2) is 0 Å². The summed E-state index contributed by atoms with van der Waals surface area (Å²) in [7, 11) is 0. The van der Waals surface area contributed by atoms with Gasteiger partial charge in [-0.3, -0.25) is 25.2 Å². The van der Waals surface area contributed by atoms with Crippen molar-refractivity contribution in [1.82, 2.24) is 26.6 Å². The standard InChI is InChI=1S/C54H59Cl3N6O11/c1-53(2,3)74-52(69)61-44(31-38-26-28-42(29-27-38)70-33-39-19-10-5-11-20-39)47(65)59-43(46(64)60-45(32-37-17-8-4-9-18-37)48(66)73-36-54(55,56)57)25-16-30-58-49(62-50(67)71-34-40-21-12-6-13-22-40)63-51(68)72-35-41-23-14-7-15-24-41/h4-15,17-24,26-29,43-45H,16,25,30-36H2,1-3H3,(H,59,65)(H,60,64)(H,61,69)(H2,58,62,63,67,68)/t43-,44+,45+/m1/s1. The Morgan fingerprint density at radius 3 is 1.46 bits per heavy atom. The number of nitrogens with one attached hydrogen (secondary N) is 5. The molecule has 392 valence electrons. The third-order valence-corrected chi connectivity index (χ3v) is 10.6. The molecule has 0 bridgehead atoms. The Hall–Kier alpha value is -7.34. The van der Waals surface area contributed by atoms with Gasteiger partial charge in [0.25, 0.3) is 0 Å². The Morgan fingerprint density at radius 1 is 0.514 bits per heavy atom. The summed E-state index contributed by atoms with van der Waals surface area (Å²) in [6.07, 6.45) is -2.99. The van der Waals surface area contributed by atoms with Gasteiger partial charge in [0.2, 0.25) is 21.6 Å². The maximum Gasteiger partial charge on any atom is 0.414 e. The summed E-state index contributed by atoms with van der Waals surface area (Å²) in [5.41, 5.74) is 2.73. The molecule has 74 heavy (non-hydrogen) atoms. The van der Waals surface area contributed by atoms with E-state index in [-0.39, 0.29) is 51.4 Å². The van der Waals surface area contributed by atoms with Crippen molar-refractivity contribution in [3.63, 3.8) is 0 Å². The fourth-order valence-corrected chi connectivity index (χ4v) is 6.94. The molecule has 17 nitrogen and oxygen atoms in total. The maximum absolute atomic E-state index is 14.5. The molecule has 3 atom stereocenters. The lowest BCUT2D eigenvalue weighted by Gasteiger charge is -2.26. The monoisotopic (exact) mass is 1070 g/mol. The molecule has 0 aliphatic rings. The lowest BCUT2D eigenvalue weighted by atomic mass is 10.0. The molecule has 0 unspecified atom stereocenters. The number of halogens is 3. The van der Waals surface area contributed by atoms with Gasteiger partial charge in [-0.15, -0.1) is 0 Å². The number of carbonyl (C=O) groups is 6. The Morgan fingerprint density at radius 2 is 0.959 bits per heavy atom. The van der Waals surface area contributed by atoms with Crippen LogP contribution in [-0.4, -0.2) is 82.7 Å². The molecule has 0 aliphatic heterocycles. The lowest BCUT2D eigenvalue weighted by molar-refractivity contribution is -0.148. The summed E-state index contributed by atoms with van der Waals surface area (Å²) in [6, 6.07) is 39.1. The number of ether oxygens (including phenoxy) is 5. The predicted molar refractivity (Wildman–Crippen MR) is 280 cm³/mol. The van der Waals surface area contributed by atoms with Gasteiger partial charge >= 0.3 is 24.2 Å². The Bertz CT molecular complexity index is 2540. The number of carbonyl (C=O) groups excluding carboxylic acids is 6. The summed E-state index contributed by atoms with van der Waals surface area (Å²) in [6.45, 7) is 4.38. The van der Waals surface area contributed by atoms with E-state index in [4.69, 9.17) is 58.5 Å². The lowest BCUT2D eigenvalue weighted by Crippen LogP contribution is -2.57. The number of alkyl carbamates (subject to hydrolysis) is 3. The van der Waals surface area contributed by atoms with E-state index in [1.807, 2.05) is 42.5 Å². The van der Waals surface area contributed by atoms with Crippen LogP contribution in [0.15, 0.2) is 151 Å². The average molecular weight is 1070 g/mol. The van der Waals surface area contributed by atoms with Crippen molar-refractivity contribution >= 4 is 76.8 Å². The van der Waals surface area contributed by atoms with E-state index in [9.17, 15) is 28.8 Å². The first-order chi connectivity index (χ1) is 35.4. The highest BCUT2D eigenvalue weighted by Crippen LogP contribution is 2.26. The number of benzene rings is 5. The average Bonchev–Trinajstić information content (AvgIpc) is 3.37. The summed E-state index contributed by atoms with van der Waals surface area (Å²) in [5.74, 6) is -2.30. The van der Waals surface area contributed by atoms with Crippen molar-refractivity contribution in [2.75, 3.05) is 13.2 Å². The van der Waals surface area contributed by atoms with Gasteiger partial charge in [-0.05, 0) is 73.6 Å². The number of nitrogens with zero attached hydrogens (tertiary/aromatic N) is 1. The molecule has 5 rings (SSSR count). The molecule has 0 radical (unpaired) electrons. The van der Waals surface area contributed by atoms with Crippen LogP contribution >= 0.6 is 34.8 Å². The Balaban J connectivity index is 1.38. The van der Waals surface area contributed by atoms with Gasteiger partial charge < -0.3 is 39.6 Å². The zero-order valence-electron chi connectivity index (χ0n) is 41.0. The third kappa shape index (κ3) is 22.6. The van der Waals surface area contributed by atoms with Gasteiger partial charge in [0.1, 0.15) is 55.9 Å². The number of alkyl halides is 3. The van der Waals surface area contributed by atoms with Gasteiger partial charge in [0.05, 0.1) is 0 Å². The number of guanidine groups is 1. The zero-order chi connectivity index (χ0) is 53.4. The number of esters is 1. The van der Waals surface area contributed by atoms with E-state index in [0.717, 1.165) is 5.56 Å². The third-order valence-electron chi connectivity index (χ3n) is 10.3. The van der Waals surface area contributed by atoms with E-state index in [2.05, 4.69) is 31.6 Å². The molecule has 0 aliphatic carbocycles. The minimum absolute atomic E-state index is 0.0268. The summed E-state index contributed by atoms with van der Waals surface area (Å²) in [4.78, 5) is 86.0. The van der Waals surface area contributed by atoms with Gasteiger partial charge in [-0.2, -0.15) is 0 Å². The van der Waals surface area contributed by atoms with Crippen molar-refractivity contribution in [2.45, 2.75) is 93.8 Å². The molecule has 0 spiro atoms. The summed E-state index contributed by atoms with van der Waals surface area (Å²) in [5, 5.41) is 12.9.